The zero-order chi connectivity index (χ0) is 53.1. The maximum atomic E-state index is 2.78. The smallest absolute Gasteiger partial charge is 0.0636 e. The topological polar surface area (TPSA) is 0 Å². The Kier molecular flexibility index (Phi) is 15.4. The van der Waals surface area contributed by atoms with E-state index in [2.05, 4.69) is 269 Å². The van der Waals surface area contributed by atoms with Crippen LogP contribution < -0.4 is 15.6 Å². The Morgan fingerprint density at radius 3 is 0.750 bits per heavy atom. The molecule has 10 rings (SSSR count). The summed E-state index contributed by atoms with van der Waals surface area (Å²) in [5.74, 6) is 0.246. The zero-order valence-corrected chi connectivity index (χ0v) is 47.9. The van der Waals surface area contributed by atoms with Crippen molar-refractivity contribution in [3.8, 4) is 0 Å². The van der Waals surface area contributed by atoms with Crippen molar-refractivity contribution >= 4 is 23.6 Å². The Morgan fingerprint density at radius 1 is 0.289 bits per heavy atom. The molecule has 0 fully saturated rings. The van der Waals surface area contributed by atoms with Crippen LogP contribution in [0.15, 0.2) is 222 Å². The molecule has 76 heavy (non-hydrogen) atoms. The lowest BCUT2D eigenvalue weighted by atomic mass is 9.89. The van der Waals surface area contributed by atoms with Crippen molar-refractivity contribution in [2.45, 2.75) is 108 Å². The van der Waals surface area contributed by atoms with Gasteiger partial charge in [0.1, 0.15) is 0 Å². The average molecular weight is 1010 g/mol. The molecule has 0 aromatic heterocycles. The molecule has 1 atom stereocenters. The highest BCUT2D eigenvalue weighted by molar-refractivity contribution is 7.17. The summed E-state index contributed by atoms with van der Waals surface area (Å²) in [6, 6.07) is 75.6. The second kappa shape index (κ2) is 22.5. The van der Waals surface area contributed by atoms with Crippen molar-refractivity contribution in [3.63, 3.8) is 0 Å². The Hall–Kier alpha value is -7.32. The summed E-state index contributed by atoms with van der Waals surface area (Å²) < 4.78 is 0. The molecule has 380 valence electrons. The first-order chi connectivity index (χ1) is 36.8. The predicted octanol–water partition coefficient (Wildman–Crippen LogP) is 16.4. The van der Waals surface area contributed by atoms with Gasteiger partial charge in [-0.3, -0.25) is 0 Å². The normalized spacial score (nSPS) is 13.7. The quantitative estimate of drug-likeness (QED) is 0.0668. The highest BCUT2D eigenvalue weighted by Gasteiger charge is 2.51. The van der Waals surface area contributed by atoms with Gasteiger partial charge in [-0.1, -0.05) is 223 Å². The molecule has 0 N–H and O–H groups in total. The van der Waals surface area contributed by atoms with Crippen LogP contribution in [0.4, 0.5) is 0 Å². The van der Waals surface area contributed by atoms with Crippen molar-refractivity contribution in [3.05, 3.63) is 322 Å². The van der Waals surface area contributed by atoms with Crippen molar-refractivity contribution in [2.75, 3.05) is 0 Å². The van der Waals surface area contributed by atoms with Crippen LogP contribution in [0, 0.1) is 47.5 Å². The third kappa shape index (κ3) is 10.1. The summed E-state index contributed by atoms with van der Waals surface area (Å²) in [5.41, 5.74) is 29.8. The summed E-state index contributed by atoms with van der Waals surface area (Å²) >= 11 is 0. The van der Waals surface area contributed by atoms with Crippen LogP contribution in [0.5, 0.6) is 0 Å². The molecule has 0 saturated carbocycles. The minimum absolute atomic E-state index is 0.246. The van der Waals surface area contributed by atoms with Gasteiger partial charge in [-0.2, -0.15) is 0 Å². The summed E-state index contributed by atoms with van der Waals surface area (Å²) in [7, 11) is -3.38. The van der Waals surface area contributed by atoms with E-state index in [4.69, 9.17) is 0 Å². The Balaban J connectivity index is 1.39. The van der Waals surface area contributed by atoms with Crippen molar-refractivity contribution in [1.82, 2.24) is 0 Å². The molecule has 0 radical (unpaired) electrons. The molecule has 0 aliphatic heterocycles. The molecule has 0 heterocycles. The van der Waals surface area contributed by atoms with Gasteiger partial charge in [0.25, 0.3) is 0 Å². The predicted molar refractivity (Wildman–Crippen MR) is 328 cm³/mol. The van der Waals surface area contributed by atoms with Crippen LogP contribution >= 0.6 is 0 Å². The molecular formula is C75H76Si. The van der Waals surface area contributed by atoms with Crippen LogP contribution in [0.1, 0.15) is 128 Å². The highest BCUT2D eigenvalue weighted by Crippen LogP contribution is 2.44. The number of hydrogen-bond acceptors (Lipinski definition) is 0. The lowest BCUT2D eigenvalue weighted by Crippen LogP contribution is -2.72. The first kappa shape index (κ1) is 52.1. The van der Waals surface area contributed by atoms with Gasteiger partial charge >= 0.3 is 0 Å². The first-order valence-electron chi connectivity index (χ1n) is 27.8. The third-order valence-electron chi connectivity index (χ3n) is 18.0. The van der Waals surface area contributed by atoms with E-state index in [1.165, 1.54) is 117 Å². The standard InChI is InChI=1S/C75H76Si/c1-50-51(2)59(10)75(58(50)9)76(72-47-66(41-60-29-17-11-18-30-60)69(52(3)55(72)6)44-63-35-23-14-24-36-63,73-48-67(42-61-31-19-12-20-32-61)70(53(4)56(73)7)45-64-37-25-15-26-38-64)74-49-68(43-62-33-21-13-22-34-62)71(54(5)57(74)8)46-65-39-27-16-28-40-65/h11-40,47-49,58H,41-46H2,1-10H3. The second-order valence-corrected chi connectivity index (χ2v) is 25.9. The molecule has 1 heteroatoms. The van der Waals surface area contributed by atoms with Gasteiger partial charge in [-0.15, -0.1) is 0 Å². The van der Waals surface area contributed by atoms with E-state index < -0.39 is 8.07 Å². The van der Waals surface area contributed by atoms with E-state index in [-0.39, 0.29) is 5.92 Å². The lowest BCUT2D eigenvalue weighted by molar-refractivity contribution is 0.851. The Bertz CT molecular complexity index is 3240. The molecule has 9 aromatic rings. The van der Waals surface area contributed by atoms with Crippen LogP contribution in [-0.2, 0) is 38.5 Å². The van der Waals surface area contributed by atoms with Crippen LogP contribution in [0.25, 0.3) is 0 Å². The van der Waals surface area contributed by atoms with Gasteiger partial charge in [-0.05, 0) is 228 Å². The summed E-state index contributed by atoms with van der Waals surface area (Å²) in [6.45, 7) is 24.8. The molecule has 9 aromatic carbocycles. The van der Waals surface area contributed by atoms with E-state index in [1.807, 2.05) is 0 Å². The van der Waals surface area contributed by atoms with Gasteiger partial charge < -0.3 is 0 Å². The Labute approximate surface area is 457 Å². The molecule has 0 amide bonds. The maximum Gasteiger partial charge on any atom is 0.177 e. The van der Waals surface area contributed by atoms with E-state index in [0.717, 1.165) is 38.5 Å². The van der Waals surface area contributed by atoms with Gasteiger partial charge in [0, 0.05) is 0 Å². The van der Waals surface area contributed by atoms with Gasteiger partial charge in [-0.25, -0.2) is 0 Å². The third-order valence-corrected chi connectivity index (χ3v) is 23.6. The summed E-state index contributed by atoms with van der Waals surface area (Å²) in [4.78, 5) is 0. The average Bonchev–Trinajstić information content (AvgIpc) is 3.76. The maximum absolute atomic E-state index is 3.38. The summed E-state index contributed by atoms with van der Waals surface area (Å²) in [6.07, 6.45) is 5.28. The lowest BCUT2D eigenvalue weighted by Gasteiger charge is -2.43. The molecule has 0 bridgehead atoms. The number of benzene rings is 9. The molecule has 1 unspecified atom stereocenters. The minimum Gasteiger partial charge on any atom is -0.0636 e. The first-order valence-corrected chi connectivity index (χ1v) is 29.8. The monoisotopic (exact) mass is 1000 g/mol. The largest absolute Gasteiger partial charge is 0.177 e. The molecule has 1 aliphatic rings. The second-order valence-electron chi connectivity index (χ2n) is 22.2. The Morgan fingerprint density at radius 2 is 0.526 bits per heavy atom. The number of rotatable bonds is 16. The highest BCUT2D eigenvalue weighted by atomic mass is 28.3. The van der Waals surface area contributed by atoms with Crippen LogP contribution in [0.3, 0.4) is 0 Å². The van der Waals surface area contributed by atoms with E-state index >= 15 is 0 Å². The van der Waals surface area contributed by atoms with Crippen LogP contribution in [-0.4, -0.2) is 8.07 Å². The van der Waals surface area contributed by atoms with Crippen molar-refractivity contribution in [1.29, 1.82) is 0 Å². The fraction of sp³-hybridized carbons (Fsp3) is 0.227. The van der Waals surface area contributed by atoms with E-state index in [1.54, 1.807) is 20.8 Å². The van der Waals surface area contributed by atoms with Crippen LogP contribution in [0.2, 0.25) is 0 Å². The molecular weight excluding hydrogens is 929 g/mol. The van der Waals surface area contributed by atoms with E-state index in [0.29, 0.717) is 0 Å². The molecule has 0 spiro atoms. The van der Waals surface area contributed by atoms with Crippen molar-refractivity contribution in [2.24, 2.45) is 5.92 Å². The van der Waals surface area contributed by atoms with E-state index in [9.17, 15) is 0 Å². The van der Waals surface area contributed by atoms with Crippen molar-refractivity contribution < 1.29 is 0 Å². The summed E-state index contributed by atoms with van der Waals surface area (Å²) in [5, 5.41) is 6.29. The number of allylic oxidation sites excluding steroid dienone is 4. The zero-order valence-electron chi connectivity index (χ0n) is 46.9. The minimum atomic E-state index is -3.38. The molecule has 0 nitrogen and oxygen atoms in total. The SMILES string of the molecule is CC1=C(C)C(C)C([Si](c2cc(Cc3ccccc3)c(Cc3ccccc3)c(C)c2C)(c2cc(Cc3ccccc3)c(Cc3ccccc3)c(C)c2C)c2cc(Cc3ccccc3)c(Cc3ccccc3)c(C)c2C)=C1C. The molecule has 0 saturated heterocycles. The fourth-order valence-electron chi connectivity index (χ4n) is 13.2. The van der Waals surface area contributed by atoms with Gasteiger partial charge in [0.2, 0.25) is 0 Å². The van der Waals surface area contributed by atoms with Gasteiger partial charge in [0.05, 0.1) is 0 Å². The fourth-order valence-corrected chi connectivity index (χ4v) is 20.0. The molecule has 1 aliphatic carbocycles. The number of hydrogen-bond donors (Lipinski definition) is 0. The van der Waals surface area contributed by atoms with Gasteiger partial charge in [0.15, 0.2) is 8.07 Å².